The van der Waals surface area contributed by atoms with Crippen molar-refractivity contribution in [2.24, 2.45) is 0 Å². The van der Waals surface area contributed by atoms with Crippen molar-refractivity contribution in [3.8, 4) is 0 Å². The molecule has 5 nitrogen and oxygen atoms in total. The Morgan fingerprint density at radius 3 is 2.20 bits per heavy atom. The first kappa shape index (κ1) is 16.7. The van der Waals surface area contributed by atoms with Crippen LogP contribution < -0.4 is 0 Å². The van der Waals surface area contributed by atoms with E-state index in [1.54, 1.807) is 0 Å². The Bertz CT molecular complexity index is 415. The molecule has 0 spiro atoms. The number of carbonyl (C=O) groups excluding carboxylic acids is 1. The van der Waals surface area contributed by atoms with E-state index >= 15 is 0 Å². The highest BCUT2D eigenvalue weighted by atomic mass is 16.6. The summed E-state index contributed by atoms with van der Waals surface area (Å²) in [5.41, 5.74) is -0.328. The number of hydrogen-bond acceptors (Lipinski definition) is 5. The molecule has 1 aromatic rings. The van der Waals surface area contributed by atoms with Crippen molar-refractivity contribution < 1.29 is 14.1 Å². The third-order valence-corrected chi connectivity index (χ3v) is 2.96. The average molecular weight is 282 g/mol. The van der Waals surface area contributed by atoms with E-state index in [1.165, 1.54) is 39.0 Å². The number of carbonyl (C=O) groups is 1. The van der Waals surface area contributed by atoms with E-state index in [9.17, 15) is 4.79 Å². The van der Waals surface area contributed by atoms with Gasteiger partial charge in [0.1, 0.15) is 5.60 Å². The van der Waals surface area contributed by atoms with Crippen LogP contribution in [0.3, 0.4) is 0 Å². The Morgan fingerprint density at radius 1 is 1.25 bits per heavy atom. The van der Waals surface area contributed by atoms with Gasteiger partial charge in [-0.3, -0.25) is 4.79 Å². The Labute approximate surface area is 121 Å². The summed E-state index contributed by atoms with van der Waals surface area (Å²) in [7, 11) is 0. The molecule has 0 aromatic carbocycles. The van der Waals surface area contributed by atoms with Gasteiger partial charge in [-0.05, 0) is 33.6 Å². The zero-order valence-electron chi connectivity index (χ0n) is 13.2. The van der Waals surface area contributed by atoms with E-state index in [0.717, 1.165) is 5.82 Å². The molecule has 1 aliphatic rings. The van der Waals surface area contributed by atoms with Crippen LogP contribution in [0.2, 0.25) is 0 Å². The summed E-state index contributed by atoms with van der Waals surface area (Å²) in [5, 5.41) is 3.95. The number of rotatable bonds is 1. The number of aryl methyl sites for hydroxylation is 1. The molecule has 1 saturated carbocycles. The first-order chi connectivity index (χ1) is 9.28. The minimum absolute atomic E-state index is 0.225. The van der Waals surface area contributed by atoms with E-state index in [4.69, 9.17) is 9.26 Å². The molecule has 0 amide bonds. The summed E-state index contributed by atoms with van der Waals surface area (Å²) < 4.78 is 9.76. The Balaban J connectivity index is 0.000000221. The Kier molecular flexibility index (Phi) is 6.17. The summed E-state index contributed by atoms with van der Waals surface area (Å²) in [6, 6.07) is 0. The first-order valence-corrected chi connectivity index (χ1v) is 7.28. The summed E-state index contributed by atoms with van der Waals surface area (Å²) in [6.45, 7) is 8.78. The molecular weight excluding hydrogens is 256 g/mol. The molecule has 1 fully saturated rings. The van der Waals surface area contributed by atoms with Crippen LogP contribution in [-0.2, 0) is 9.53 Å². The number of hydrogen-bond donors (Lipinski definition) is 0. The largest absolute Gasteiger partial charge is 0.460 e. The maximum absolute atomic E-state index is 10.2. The molecule has 20 heavy (non-hydrogen) atoms. The van der Waals surface area contributed by atoms with E-state index in [2.05, 4.69) is 10.1 Å². The van der Waals surface area contributed by atoms with Gasteiger partial charge in [0.05, 0.1) is 0 Å². The lowest BCUT2D eigenvalue weighted by Gasteiger charge is -2.17. The Hall–Kier alpha value is -1.39. The molecule has 1 heterocycles. The smallest absolute Gasteiger partial charge is 0.303 e. The predicted octanol–water partition coefficient (Wildman–Crippen LogP) is 3.77. The Morgan fingerprint density at radius 2 is 1.85 bits per heavy atom. The molecule has 114 valence electrons. The van der Waals surface area contributed by atoms with Gasteiger partial charge in [0.25, 0.3) is 0 Å². The maximum atomic E-state index is 10.2. The fourth-order valence-corrected chi connectivity index (χ4v) is 2.27. The van der Waals surface area contributed by atoms with Gasteiger partial charge in [-0.2, -0.15) is 4.98 Å². The van der Waals surface area contributed by atoms with Crippen molar-refractivity contribution in [3.05, 3.63) is 11.7 Å². The summed E-state index contributed by atoms with van der Waals surface area (Å²) >= 11 is 0. The van der Waals surface area contributed by atoms with Crippen LogP contribution in [0, 0.1) is 6.92 Å². The van der Waals surface area contributed by atoms with Crippen molar-refractivity contribution in [1.82, 2.24) is 10.1 Å². The zero-order chi connectivity index (χ0) is 15.2. The third-order valence-electron chi connectivity index (χ3n) is 2.96. The molecule has 0 radical (unpaired) electrons. The van der Waals surface area contributed by atoms with Crippen LogP contribution in [0.15, 0.2) is 4.52 Å². The van der Waals surface area contributed by atoms with Gasteiger partial charge >= 0.3 is 5.97 Å². The first-order valence-electron chi connectivity index (χ1n) is 7.28. The minimum atomic E-state index is -0.328. The van der Waals surface area contributed by atoms with Crippen LogP contribution in [0.25, 0.3) is 0 Å². The van der Waals surface area contributed by atoms with Gasteiger partial charge in [0.15, 0.2) is 5.82 Å². The van der Waals surface area contributed by atoms with Crippen molar-refractivity contribution in [1.29, 1.82) is 0 Å². The lowest BCUT2D eigenvalue weighted by atomic mass is 9.89. The van der Waals surface area contributed by atoms with Crippen molar-refractivity contribution in [2.45, 2.75) is 78.2 Å². The van der Waals surface area contributed by atoms with Gasteiger partial charge in [-0.1, -0.05) is 24.4 Å². The molecule has 0 atom stereocenters. The quantitative estimate of drug-likeness (QED) is 0.733. The highest BCUT2D eigenvalue weighted by Gasteiger charge is 2.19. The molecule has 0 aliphatic heterocycles. The second kappa shape index (κ2) is 7.41. The van der Waals surface area contributed by atoms with Gasteiger partial charge in [-0.15, -0.1) is 0 Å². The normalized spacial score (nSPS) is 16.2. The molecule has 1 aliphatic carbocycles. The monoisotopic (exact) mass is 282 g/mol. The molecule has 5 heteroatoms. The SMILES string of the molecule is CC(=O)OC(C)(C)C.Cc1nc(C2CCCCC2)no1. The fourth-order valence-electron chi connectivity index (χ4n) is 2.27. The fraction of sp³-hybridized carbons (Fsp3) is 0.800. The van der Waals surface area contributed by atoms with Crippen LogP contribution in [0.4, 0.5) is 0 Å². The molecular formula is C15H26N2O3. The minimum Gasteiger partial charge on any atom is -0.460 e. The maximum Gasteiger partial charge on any atom is 0.303 e. The van der Waals surface area contributed by atoms with E-state index in [-0.39, 0.29) is 11.6 Å². The highest BCUT2D eigenvalue weighted by Crippen LogP contribution is 2.30. The highest BCUT2D eigenvalue weighted by molar-refractivity contribution is 5.66. The van der Waals surface area contributed by atoms with E-state index in [1.807, 2.05) is 27.7 Å². The second-order valence-electron chi connectivity index (χ2n) is 6.21. The second-order valence-corrected chi connectivity index (χ2v) is 6.21. The van der Waals surface area contributed by atoms with Gasteiger partial charge in [0.2, 0.25) is 5.89 Å². The number of ether oxygens (including phenoxy) is 1. The van der Waals surface area contributed by atoms with Gasteiger partial charge in [0, 0.05) is 19.8 Å². The lowest BCUT2D eigenvalue weighted by molar-refractivity contribution is -0.151. The molecule has 0 unspecified atom stereocenters. The van der Waals surface area contributed by atoms with Crippen LogP contribution in [0.5, 0.6) is 0 Å². The molecule has 0 saturated heterocycles. The van der Waals surface area contributed by atoms with Crippen LogP contribution in [-0.4, -0.2) is 21.7 Å². The van der Waals surface area contributed by atoms with Gasteiger partial charge in [-0.25, -0.2) is 0 Å². The number of aromatic nitrogens is 2. The van der Waals surface area contributed by atoms with Crippen molar-refractivity contribution in [3.63, 3.8) is 0 Å². The van der Waals surface area contributed by atoms with Crippen LogP contribution in [0.1, 0.15) is 77.4 Å². The number of esters is 1. The average Bonchev–Trinajstić information content (AvgIpc) is 2.75. The molecule has 2 rings (SSSR count). The summed E-state index contributed by atoms with van der Waals surface area (Å²) in [6.07, 6.45) is 6.47. The van der Waals surface area contributed by atoms with Crippen molar-refractivity contribution in [2.75, 3.05) is 0 Å². The summed E-state index contributed by atoms with van der Waals surface area (Å²) in [5.74, 6) is 1.96. The van der Waals surface area contributed by atoms with Gasteiger partial charge < -0.3 is 9.26 Å². The third kappa shape index (κ3) is 6.68. The lowest BCUT2D eigenvalue weighted by Crippen LogP contribution is -2.21. The van der Waals surface area contributed by atoms with Crippen molar-refractivity contribution >= 4 is 5.97 Å². The summed E-state index contributed by atoms with van der Waals surface area (Å²) in [4.78, 5) is 14.5. The van der Waals surface area contributed by atoms with E-state index < -0.39 is 0 Å². The number of nitrogens with zero attached hydrogens (tertiary/aromatic N) is 2. The topological polar surface area (TPSA) is 65.2 Å². The van der Waals surface area contributed by atoms with Crippen LogP contribution >= 0.6 is 0 Å². The molecule has 1 aromatic heterocycles. The van der Waals surface area contributed by atoms with E-state index in [0.29, 0.717) is 11.8 Å². The zero-order valence-corrected chi connectivity index (χ0v) is 13.2. The molecule has 0 N–H and O–H groups in total. The molecule has 0 bridgehead atoms. The standard InChI is InChI=1S/C9H14N2O.C6H12O2/c1-7-10-9(11-12-7)8-5-3-2-4-6-8;1-5(7)8-6(2,3)4/h8H,2-6H2,1H3;1-4H3. The predicted molar refractivity (Wildman–Crippen MR) is 76.4 cm³/mol.